The van der Waals surface area contributed by atoms with Crippen LogP contribution in [0, 0.1) is 0 Å². The number of hydrogen-bond acceptors (Lipinski definition) is 3. The van der Waals surface area contributed by atoms with Crippen LogP contribution in [0.2, 0.25) is 0 Å². The maximum atomic E-state index is 5.43. The molecule has 1 aliphatic rings. The van der Waals surface area contributed by atoms with E-state index in [0.717, 1.165) is 26.3 Å². The van der Waals surface area contributed by atoms with Crippen molar-refractivity contribution in [3.63, 3.8) is 0 Å². The molecule has 0 saturated carbocycles. The maximum Gasteiger partial charge on any atom is 0.0642 e. The average Bonchev–Trinajstić information content (AvgIpc) is 2.86. The predicted molar refractivity (Wildman–Crippen MR) is 80.5 cm³/mol. The molecule has 0 N–H and O–H groups in total. The Morgan fingerprint density at radius 3 is 2.56 bits per heavy atom. The molecule has 1 saturated heterocycles. The molecular weight excluding hydrogens is 310 g/mol. The second kappa shape index (κ2) is 5.43. The third-order valence-corrected chi connectivity index (χ3v) is 4.86. The van der Waals surface area contributed by atoms with E-state index in [9.17, 15) is 0 Å². The van der Waals surface area contributed by atoms with Crippen molar-refractivity contribution in [2.75, 3.05) is 31.2 Å². The van der Waals surface area contributed by atoms with Crippen LogP contribution in [0.5, 0.6) is 0 Å². The summed E-state index contributed by atoms with van der Waals surface area (Å²) in [5.41, 5.74) is 3.88. The summed E-state index contributed by atoms with van der Waals surface area (Å²) in [6, 6.07) is 8.60. The Bertz CT molecular complexity index is 534. The van der Waals surface area contributed by atoms with E-state index in [1.54, 1.807) is 11.3 Å². The first-order valence-corrected chi connectivity index (χ1v) is 7.73. The van der Waals surface area contributed by atoms with Crippen LogP contribution in [0.25, 0.3) is 11.1 Å². The molecule has 0 amide bonds. The van der Waals surface area contributed by atoms with E-state index in [1.807, 2.05) is 0 Å². The number of benzene rings is 1. The summed E-state index contributed by atoms with van der Waals surface area (Å²) in [6.07, 6.45) is 0. The molecule has 0 spiro atoms. The highest BCUT2D eigenvalue weighted by Crippen LogP contribution is 2.37. The van der Waals surface area contributed by atoms with Crippen molar-refractivity contribution in [2.45, 2.75) is 0 Å². The van der Waals surface area contributed by atoms with Gasteiger partial charge in [0.05, 0.1) is 13.2 Å². The minimum Gasteiger partial charge on any atom is -0.378 e. The van der Waals surface area contributed by atoms with Gasteiger partial charge in [-0.25, -0.2) is 0 Å². The third-order valence-electron chi connectivity index (χ3n) is 3.16. The Labute approximate surface area is 119 Å². The van der Waals surface area contributed by atoms with Crippen molar-refractivity contribution in [2.24, 2.45) is 0 Å². The van der Waals surface area contributed by atoms with E-state index in [-0.39, 0.29) is 0 Å². The monoisotopic (exact) mass is 323 g/mol. The lowest BCUT2D eigenvalue weighted by atomic mass is 10.1. The van der Waals surface area contributed by atoms with Gasteiger partial charge < -0.3 is 9.64 Å². The minimum atomic E-state index is 0.819. The fraction of sp³-hybridized carbons (Fsp3) is 0.286. The van der Waals surface area contributed by atoms with Crippen LogP contribution in [0.4, 0.5) is 5.69 Å². The van der Waals surface area contributed by atoms with Crippen LogP contribution in [-0.4, -0.2) is 26.3 Å². The number of halogens is 1. The molecule has 2 heterocycles. The van der Waals surface area contributed by atoms with E-state index in [0.29, 0.717) is 0 Å². The summed E-state index contributed by atoms with van der Waals surface area (Å²) >= 11 is 5.35. The van der Waals surface area contributed by atoms with Gasteiger partial charge in [-0.15, -0.1) is 0 Å². The molecule has 0 atom stereocenters. The predicted octanol–water partition coefficient (Wildman–Crippen LogP) is 4.01. The molecule has 1 aromatic heterocycles. The molecule has 3 rings (SSSR count). The lowest BCUT2D eigenvalue weighted by Gasteiger charge is -2.30. The lowest BCUT2D eigenvalue weighted by molar-refractivity contribution is 0.123. The molecule has 0 radical (unpaired) electrons. The zero-order valence-corrected chi connectivity index (χ0v) is 12.3. The van der Waals surface area contributed by atoms with Crippen molar-refractivity contribution in [3.8, 4) is 11.1 Å². The fourth-order valence-electron chi connectivity index (χ4n) is 2.26. The molecule has 1 aliphatic heterocycles. The van der Waals surface area contributed by atoms with Crippen molar-refractivity contribution in [3.05, 3.63) is 39.5 Å². The second-order valence-corrected chi connectivity index (χ2v) is 5.85. The van der Waals surface area contributed by atoms with Gasteiger partial charge in [0.25, 0.3) is 0 Å². The normalized spacial score (nSPS) is 15.9. The molecule has 2 aromatic rings. The summed E-state index contributed by atoms with van der Waals surface area (Å²) in [4.78, 5) is 2.41. The first kappa shape index (κ1) is 12.2. The summed E-state index contributed by atoms with van der Waals surface area (Å²) in [7, 11) is 0. The molecule has 18 heavy (non-hydrogen) atoms. The van der Waals surface area contributed by atoms with E-state index in [1.165, 1.54) is 21.3 Å². The minimum absolute atomic E-state index is 0.819. The molecule has 1 aromatic carbocycles. The first-order valence-electron chi connectivity index (χ1n) is 6.00. The molecule has 0 aliphatic carbocycles. The van der Waals surface area contributed by atoms with Gasteiger partial charge in [-0.2, -0.15) is 11.3 Å². The second-order valence-electron chi connectivity index (χ2n) is 4.25. The maximum absolute atomic E-state index is 5.43. The highest BCUT2D eigenvalue weighted by molar-refractivity contribution is 9.10. The van der Waals surface area contributed by atoms with Crippen molar-refractivity contribution >= 4 is 33.0 Å². The van der Waals surface area contributed by atoms with Crippen LogP contribution in [0.3, 0.4) is 0 Å². The first-order chi connectivity index (χ1) is 8.86. The van der Waals surface area contributed by atoms with Gasteiger partial charge in [0.1, 0.15) is 0 Å². The average molecular weight is 324 g/mol. The molecular formula is C14H14BrNOS. The van der Waals surface area contributed by atoms with Gasteiger partial charge in [-0.3, -0.25) is 0 Å². The fourth-order valence-corrected chi connectivity index (χ4v) is 3.76. The molecule has 4 heteroatoms. The summed E-state index contributed by atoms with van der Waals surface area (Å²) in [5.74, 6) is 0. The third kappa shape index (κ3) is 2.32. The van der Waals surface area contributed by atoms with Crippen LogP contribution >= 0.6 is 27.3 Å². The van der Waals surface area contributed by atoms with Crippen LogP contribution in [-0.2, 0) is 4.74 Å². The van der Waals surface area contributed by atoms with Gasteiger partial charge in [0.2, 0.25) is 0 Å². The van der Waals surface area contributed by atoms with Gasteiger partial charge in [-0.05, 0) is 27.4 Å². The topological polar surface area (TPSA) is 12.5 Å². The van der Waals surface area contributed by atoms with Gasteiger partial charge in [0.15, 0.2) is 0 Å². The number of para-hydroxylation sites is 1. The van der Waals surface area contributed by atoms with Crippen molar-refractivity contribution in [1.82, 2.24) is 0 Å². The van der Waals surface area contributed by atoms with Gasteiger partial charge >= 0.3 is 0 Å². The van der Waals surface area contributed by atoms with Crippen LogP contribution in [0.15, 0.2) is 39.5 Å². The van der Waals surface area contributed by atoms with E-state index in [4.69, 9.17) is 4.74 Å². The highest BCUT2D eigenvalue weighted by atomic mass is 79.9. The van der Waals surface area contributed by atoms with Crippen molar-refractivity contribution in [1.29, 1.82) is 0 Å². The van der Waals surface area contributed by atoms with Crippen LogP contribution < -0.4 is 4.90 Å². The number of hydrogen-bond donors (Lipinski definition) is 0. The van der Waals surface area contributed by atoms with E-state index < -0.39 is 0 Å². The largest absolute Gasteiger partial charge is 0.378 e. The number of morpholine rings is 1. The Balaban J connectivity index is 2.02. The zero-order chi connectivity index (χ0) is 12.4. The Morgan fingerprint density at radius 1 is 1.06 bits per heavy atom. The van der Waals surface area contributed by atoms with E-state index in [2.05, 4.69) is 55.9 Å². The lowest BCUT2D eigenvalue weighted by Crippen LogP contribution is -2.36. The number of rotatable bonds is 2. The quantitative estimate of drug-likeness (QED) is 0.827. The standard InChI is InChI=1S/C14H14BrNOS/c15-13-10-18-9-12(13)11-3-1-2-4-14(11)16-5-7-17-8-6-16/h1-4,9-10H,5-8H2. The zero-order valence-electron chi connectivity index (χ0n) is 9.93. The number of nitrogens with zero attached hydrogens (tertiary/aromatic N) is 1. The summed E-state index contributed by atoms with van der Waals surface area (Å²) in [6.45, 7) is 3.58. The number of thiophene rings is 1. The summed E-state index contributed by atoms with van der Waals surface area (Å²) in [5, 5.41) is 4.33. The highest BCUT2D eigenvalue weighted by Gasteiger charge is 2.16. The number of ether oxygens (including phenoxy) is 1. The van der Waals surface area contributed by atoms with Gasteiger partial charge in [0, 0.05) is 39.8 Å². The SMILES string of the molecule is Brc1cscc1-c1ccccc1N1CCOCC1. The van der Waals surface area contributed by atoms with Crippen molar-refractivity contribution < 1.29 is 4.74 Å². The molecule has 2 nitrogen and oxygen atoms in total. The van der Waals surface area contributed by atoms with E-state index >= 15 is 0 Å². The Hall–Kier alpha value is -0.840. The smallest absolute Gasteiger partial charge is 0.0642 e. The van der Waals surface area contributed by atoms with Gasteiger partial charge in [-0.1, -0.05) is 18.2 Å². The van der Waals surface area contributed by atoms with Crippen LogP contribution in [0.1, 0.15) is 0 Å². The Kier molecular flexibility index (Phi) is 3.68. The Morgan fingerprint density at radius 2 is 1.83 bits per heavy atom. The number of anilines is 1. The molecule has 0 bridgehead atoms. The molecule has 0 unspecified atom stereocenters. The summed E-state index contributed by atoms with van der Waals surface area (Å²) < 4.78 is 6.60. The molecule has 1 fully saturated rings. The molecule has 94 valence electrons.